The van der Waals surface area contributed by atoms with Gasteiger partial charge < -0.3 is 4.90 Å². The molecule has 0 saturated carbocycles. The van der Waals surface area contributed by atoms with E-state index in [4.69, 9.17) is 0 Å². The molecule has 0 bridgehead atoms. The van der Waals surface area contributed by atoms with E-state index in [1.54, 1.807) is 17.5 Å². The summed E-state index contributed by atoms with van der Waals surface area (Å²) in [5, 5.41) is 11.1. The van der Waals surface area contributed by atoms with Gasteiger partial charge >= 0.3 is 0 Å². The normalized spacial score (nSPS) is 16.2. The van der Waals surface area contributed by atoms with E-state index in [0.29, 0.717) is 12.2 Å². The Kier molecular flexibility index (Phi) is 4.74. The van der Waals surface area contributed by atoms with Crippen molar-refractivity contribution < 1.29 is 4.79 Å². The summed E-state index contributed by atoms with van der Waals surface area (Å²) in [5.74, 6) is 1.00. The number of Topliss-reactive ketones (excluding diaryl/α,β-unsaturated/α-hetero) is 1. The maximum atomic E-state index is 12.6. The minimum absolute atomic E-state index is 0.140. The molecule has 1 aliphatic heterocycles. The summed E-state index contributed by atoms with van der Waals surface area (Å²) in [4.78, 5) is 23.9. The van der Waals surface area contributed by atoms with Crippen molar-refractivity contribution in [1.82, 2.24) is 25.1 Å². The van der Waals surface area contributed by atoms with Crippen molar-refractivity contribution in [2.75, 3.05) is 20.1 Å². The van der Waals surface area contributed by atoms with Crippen LogP contribution in [0.2, 0.25) is 0 Å². The third kappa shape index (κ3) is 3.64. The van der Waals surface area contributed by atoms with Gasteiger partial charge in [-0.25, -0.2) is 9.97 Å². The molecule has 0 atom stereocenters. The second-order valence-corrected chi connectivity index (χ2v) is 8.09. The van der Waals surface area contributed by atoms with Gasteiger partial charge in [-0.3, -0.25) is 4.79 Å². The van der Waals surface area contributed by atoms with Gasteiger partial charge in [0.15, 0.2) is 0 Å². The smallest absolute Gasteiger partial charge is 0.147 e. The summed E-state index contributed by atoms with van der Waals surface area (Å²) in [5.41, 5.74) is 1.84. The number of hydrogen-bond acceptors (Lipinski definition) is 7. The fourth-order valence-electron chi connectivity index (χ4n) is 3.32. The number of rotatable bonds is 4. The Morgan fingerprint density at radius 1 is 1.27 bits per heavy atom. The second kappa shape index (κ2) is 7.17. The van der Waals surface area contributed by atoms with E-state index in [1.807, 2.05) is 25.1 Å². The molecule has 4 rings (SSSR count). The molecule has 0 amide bonds. The molecule has 1 aromatic carbocycles. The average Bonchev–Trinajstić information content (AvgIpc) is 3.08. The summed E-state index contributed by atoms with van der Waals surface area (Å²) in [7, 11) is 2.10. The number of ketones is 1. The summed E-state index contributed by atoms with van der Waals surface area (Å²) < 4.78 is 0. The van der Waals surface area contributed by atoms with Crippen LogP contribution in [-0.2, 0) is 11.2 Å². The lowest BCUT2D eigenvalue weighted by atomic mass is 9.91. The Balaban J connectivity index is 1.55. The zero-order valence-electron chi connectivity index (χ0n) is 15.0. The summed E-state index contributed by atoms with van der Waals surface area (Å²) in [6.07, 6.45) is 3.98. The zero-order chi connectivity index (χ0) is 18.1. The van der Waals surface area contributed by atoms with Gasteiger partial charge in [0.2, 0.25) is 0 Å². The van der Waals surface area contributed by atoms with Crippen LogP contribution in [0.3, 0.4) is 0 Å². The van der Waals surface area contributed by atoms with Crippen LogP contribution in [0.15, 0.2) is 24.4 Å². The highest BCUT2D eigenvalue weighted by molar-refractivity contribution is 7.14. The predicted molar refractivity (Wildman–Crippen MR) is 102 cm³/mol. The number of likely N-dealkylation sites (tertiary alicyclic amines) is 1. The van der Waals surface area contributed by atoms with Crippen molar-refractivity contribution in [3.63, 3.8) is 0 Å². The highest BCUT2D eigenvalue weighted by Crippen LogP contribution is 2.26. The van der Waals surface area contributed by atoms with Gasteiger partial charge in [-0.15, -0.1) is 10.2 Å². The van der Waals surface area contributed by atoms with Crippen molar-refractivity contribution in [3.8, 4) is 10.6 Å². The lowest BCUT2D eigenvalue weighted by Crippen LogP contribution is -2.34. The molecule has 1 saturated heterocycles. The van der Waals surface area contributed by atoms with Gasteiger partial charge in [-0.1, -0.05) is 23.5 Å². The minimum Gasteiger partial charge on any atom is -0.306 e. The number of aryl methyl sites for hydroxylation is 1. The van der Waals surface area contributed by atoms with Crippen LogP contribution in [0.5, 0.6) is 0 Å². The van der Waals surface area contributed by atoms with Crippen LogP contribution >= 0.6 is 11.3 Å². The van der Waals surface area contributed by atoms with Crippen LogP contribution in [-0.4, -0.2) is 51.0 Å². The van der Waals surface area contributed by atoms with Crippen molar-refractivity contribution in [1.29, 1.82) is 0 Å². The number of hydrogen-bond donors (Lipinski definition) is 0. The number of benzene rings is 1. The first-order valence-corrected chi connectivity index (χ1v) is 9.67. The van der Waals surface area contributed by atoms with Crippen molar-refractivity contribution in [3.05, 3.63) is 35.2 Å². The molecule has 0 N–H and O–H groups in total. The first kappa shape index (κ1) is 17.2. The SMILES string of the molecule is Cc1nnc(-c2ccc3cnc(CC(=O)C4CCN(C)CC4)nc3c2)s1. The van der Waals surface area contributed by atoms with Crippen molar-refractivity contribution in [2.24, 2.45) is 5.92 Å². The third-order valence-electron chi connectivity index (χ3n) is 4.91. The first-order valence-electron chi connectivity index (χ1n) is 8.86. The molecule has 2 aromatic heterocycles. The van der Waals surface area contributed by atoms with E-state index >= 15 is 0 Å². The highest BCUT2D eigenvalue weighted by atomic mass is 32.1. The van der Waals surface area contributed by atoms with Gasteiger partial charge in [0.05, 0.1) is 11.9 Å². The quantitative estimate of drug-likeness (QED) is 0.706. The molecule has 0 spiro atoms. The maximum absolute atomic E-state index is 12.6. The first-order chi connectivity index (χ1) is 12.6. The number of piperidine rings is 1. The van der Waals surface area contributed by atoms with Crippen LogP contribution in [0, 0.1) is 12.8 Å². The number of carbonyl (C=O) groups is 1. The molecule has 6 nitrogen and oxygen atoms in total. The summed E-state index contributed by atoms with van der Waals surface area (Å²) in [6, 6.07) is 6.00. The van der Waals surface area contributed by atoms with Crippen LogP contribution in [0.4, 0.5) is 0 Å². The highest BCUT2D eigenvalue weighted by Gasteiger charge is 2.24. The Morgan fingerprint density at radius 2 is 2.08 bits per heavy atom. The largest absolute Gasteiger partial charge is 0.306 e. The molecule has 7 heteroatoms. The van der Waals surface area contributed by atoms with Gasteiger partial charge in [0.25, 0.3) is 0 Å². The molecular weight excluding hydrogens is 346 g/mol. The molecule has 3 aromatic rings. The molecule has 3 heterocycles. The fraction of sp³-hybridized carbons (Fsp3) is 0.421. The molecular formula is C19H21N5OS. The third-order valence-corrected chi connectivity index (χ3v) is 5.80. The number of aromatic nitrogens is 4. The zero-order valence-corrected chi connectivity index (χ0v) is 15.8. The molecule has 1 fully saturated rings. The molecule has 26 heavy (non-hydrogen) atoms. The van der Waals surface area contributed by atoms with E-state index in [2.05, 4.69) is 32.1 Å². The van der Waals surface area contributed by atoms with Gasteiger partial charge in [0, 0.05) is 23.1 Å². The van der Waals surface area contributed by atoms with E-state index in [-0.39, 0.29) is 11.7 Å². The lowest BCUT2D eigenvalue weighted by Gasteiger charge is -2.27. The Labute approximate surface area is 156 Å². The minimum atomic E-state index is 0.140. The molecule has 0 unspecified atom stereocenters. The predicted octanol–water partition coefficient (Wildman–Crippen LogP) is 2.91. The number of nitrogens with zero attached hydrogens (tertiary/aromatic N) is 5. The van der Waals surface area contributed by atoms with Crippen LogP contribution in [0.1, 0.15) is 23.7 Å². The van der Waals surface area contributed by atoms with Crippen LogP contribution in [0.25, 0.3) is 21.5 Å². The van der Waals surface area contributed by atoms with Crippen LogP contribution < -0.4 is 0 Å². The molecule has 0 aliphatic carbocycles. The van der Waals surface area contributed by atoms with E-state index in [9.17, 15) is 4.79 Å². The van der Waals surface area contributed by atoms with Crippen molar-refractivity contribution >= 4 is 28.0 Å². The Morgan fingerprint density at radius 3 is 2.81 bits per heavy atom. The average molecular weight is 367 g/mol. The monoisotopic (exact) mass is 367 g/mol. The van der Waals surface area contributed by atoms with E-state index in [0.717, 1.165) is 52.4 Å². The van der Waals surface area contributed by atoms with Gasteiger partial charge in [0.1, 0.15) is 21.6 Å². The number of fused-ring (bicyclic) bond motifs is 1. The molecule has 134 valence electrons. The Bertz CT molecular complexity index is 946. The van der Waals surface area contributed by atoms with E-state index in [1.165, 1.54) is 0 Å². The van der Waals surface area contributed by atoms with Gasteiger partial charge in [-0.05, 0) is 46.0 Å². The lowest BCUT2D eigenvalue weighted by molar-refractivity contribution is -0.123. The maximum Gasteiger partial charge on any atom is 0.147 e. The topological polar surface area (TPSA) is 71.9 Å². The van der Waals surface area contributed by atoms with Gasteiger partial charge in [-0.2, -0.15) is 0 Å². The van der Waals surface area contributed by atoms with E-state index < -0.39 is 0 Å². The van der Waals surface area contributed by atoms with Crippen molar-refractivity contribution in [2.45, 2.75) is 26.2 Å². The fourth-order valence-corrected chi connectivity index (χ4v) is 4.01. The summed E-state index contributed by atoms with van der Waals surface area (Å²) in [6.45, 7) is 3.91. The molecule has 1 aliphatic rings. The second-order valence-electron chi connectivity index (χ2n) is 6.91. The Hall–Kier alpha value is -2.25. The standard InChI is InChI=1S/C19H21N5OS/c1-12-22-23-19(26-12)14-3-4-15-11-20-18(21-16(15)9-14)10-17(25)13-5-7-24(2)8-6-13/h3-4,9,11,13H,5-8,10H2,1-2H3. The summed E-state index contributed by atoms with van der Waals surface area (Å²) >= 11 is 1.56. The molecule has 0 radical (unpaired) electrons. The number of carbonyl (C=O) groups excluding carboxylic acids is 1.